The second-order valence-electron chi connectivity index (χ2n) is 8.51. The molecule has 0 aliphatic carbocycles. The molecular weight excluding hydrogens is 424 g/mol. The number of nitrogens with one attached hydrogen (secondary N) is 2. The van der Waals surface area contributed by atoms with E-state index in [-0.39, 0.29) is 17.9 Å². The van der Waals surface area contributed by atoms with Crippen LogP contribution in [0.2, 0.25) is 0 Å². The van der Waals surface area contributed by atoms with Crippen molar-refractivity contribution in [3.05, 3.63) is 95.2 Å². The Balaban J connectivity index is 1.71. The molecule has 0 spiro atoms. The first-order valence-corrected chi connectivity index (χ1v) is 11.7. The maximum absolute atomic E-state index is 13.3. The van der Waals surface area contributed by atoms with E-state index in [0.717, 1.165) is 34.0 Å². The van der Waals surface area contributed by atoms with Crippen molar-refractivity contribution in [3.8, 4) is 11.5 Å². The minimum Gasteiger partial charge on any atom is -0.493 e. The molecule has 0 radical (unpaired) electrons. The summed E-state index contributed by atoms with van der Waals surface area (Å²) < 4.78 is 11.0. The van der Waals surface area contributed by atoms with E-state index in [1.165, 1.54) is 5.56 Å². The van der Waals surface area contributed by atoms with E-state index < -0.39 is 0 Å². The molecule has 0 unspecified atom stereocenters. The molecule has 0 fully saturated rings. The van der Waals surface area contributed by atoms with Crippen LogP contribution >= 0.6 is 0 Å². The van der Waals surface area contributed by atoms with Crippen LogP contribution in [0.3, 0.4) is 0 Å². The van der Waals surface area contributed by atoms with Crippen LogP contribution in [0.15, 0.2) is 72.9 Å². The van der Waals surface area contributed by atoms with Gasteiger partial charge in [0.1, 0.15) is 0 Å². The Hall–Kier alpha value is -3.73. The monoisotopic (exact) mass is 456 g/mol. The molecule has 5 heteroatoms. The zero-order chi connectivity index (χ0) is 24.1. The van der Waals surface area contributed by atoms with Crippen LogP contribution in [0, 0.1) is 0 Å². The van der Waals surface area contributed by atoms with Crippen molar-refractivity contribution >= 4 is 16.8 Å². The van der Waals surface area contributed by atoms with Gasteiger partial charge in [-0.2, -0.15) is 0 Å². The highest BCUT2D eigenvalue weighted by molar-refractivity contribution is 5.88. The molecule has 34 heavy (non-hydrogen) atoms. The normalized spacial score (nSPS) is 12.8. The minimum absolute atomic E-state index is 0.00265. The zero-order valence-electron chi connectivity index (χ0n) is 20.2. The predicted octanol–water partition coefficient (Wildman–Crippen LogP) is 6.15. The molecule has 1 amide bonds. The SMILES string of the molecule is CCc1cccc2c([C@@H](CC(=O)N[C@@H](C)c3ccccc3)c3ccc(OC)c(OC)c3)c[nH]c12. The smallest absolute Gasteiger partial charge is 0.221 e. The van der Waals surface area contributed by atoms with Crippen LogP contribution in [-0.2, 0) is 11.2 Å². The van der Waals surface area contributed by atoms with E-state index in [9.17, 15) is 4.79 Å². The lowest BCUT2D eigenvalue weighted by Gasteiger charge is -2.21. The van der Waals surface area contributed by atoms with E-state index in [1.54, 1.807) is 14.2 Å². The lowest BCUT2D eigenvalue weighted by Crippen LogP contribution is -2.28. The Morgan fingerprint density at radius 1 is 0.941 bits per heavy atom. The number of amides is 1. The van der Waals surface area contributed by atoms with Gasteiger partial charge >= 0.3 is 0 Å². The van der Waals surface area contributed by atoms with Crippen molar-refractivity contribution < 1.29 is 14.3 Å². The zero-order valence-corrected chi connectivity index (χ0v) is 20.2. The number of hydrogen-bond donors (Lipinski definition) is 2. The summed E-state index contributed by atoms with van der Waals surface area (Å²) in [5.74, 6) is 1.16. The van der Waals surface area contributed by atoms with Gasteiger partial charge in [0.05, 0.1) is 20.3 Å². The first kappa shape index (κ1) is 23.4. The van der Waals surface area contributed by atoms with Gasteiger partial charge in [0.2, 0.25) is 5.91 Å². The molecule has 5 nitrogen and oxygen atoms in total. The number of carbonyl (C=O) groups excluding carboxylic acids is 1. The fraction of sp³-hybridized carbons (Fsp3) is 0.276. The van der Waals surface area contributed by atoms with E-state index in [1.807, 2.05) is 61.7 Å². The van der Waals surface area contributed by atoms with Crippen LogP contribution in [-0.4, -0.2) is 25.1 Å². The Labute approximate surface area is 201 Å². The highest BCUT2D eigenvalue weighted by Crippen LogP contribution is 2.38. The molecule has 0 saturated heterocycles. The van der Waals surface area contributed by atoms with Crippen LogP contribution in [0.5, 0.6) is 11.5 Å². The number of rotatable bonds is 9. The van der Waals surface area contributed by atoms with Gasteiger partial charge in [-0.3, -0.25) is 4.79 Å². The minimum atomic E-state index is -0.149. The molecule has 0 bridgehead atoms. The average Bonchev–Trinajstić information content (AvgIpc) is 3.31. The Morgan fingerprint density at radius 3 is 2.41 bits per heavy atom. The summed E-state index contributed by atoms with van der Waals surface area (Å²) in [7, 11) is 3.25. The van der Waals surface area contributed by atoms with Gasteiger partial charge in [-0.25, -0.2) is 0 Å². The van der Waals surface area contributed by atoms with Crippen LogP contribution in [0.4, 0.5) is 0 Å². The van der Waals surface area contributed by atoms with Gasteiger partial charge < -0.3 is 19.8 Å². The summed E-state index contributed by atoms with van der Waals surface area (Å²) in [4.78, 5) is 16.7. The third-order valence-corrected chi connectivity index (χ3v) is 6.47. The van der Waals surface area contributed by atoms with Gasteiger partial charge in [0, 0.05) is 29.4 Å². The van der Waals surface area contributed by atoms with Crippen molar-refractivity contribution in [3.63, 3.8) is 0 Å². The van der Waals surface area contributed by atoms with Crippen molar-refractivity contribution in [2.75, 3.05) is 14.2 Å². The Bertz CT molecular complexity index is 1260. The standard InChI is InChI=1S/C29H32N2O3/c1-5-20-12-9-13-23-25(18-30-29(20)23)24(22-14-15-26(33-3)27(16-22)34-4)17-28(32)31-19(2)21-10-7-6-8-11-21/h6-16,18-19,24,30H,5,17H2,1-4H3,(H,31,32)/t19-,24-/m0/s1. The number of benzene rings is 3. The highest BCUT2D eigenvalue weighted by atomic mass is 16.5. The Kier molecular flexibility index (Phi) is 7.21. The first-order valence-electron chi connectivity index (χ1n) is 11.7. The third-order valence-electron chi connectivity index (χ3n) is 6.47. The maximum atomic E-state index is 13.3. The fourth-order valence-corrected chi connectivity index (χ4v) is 4.61. The van der Waals surface area contributed by atoms with Gasteiger partial charge in [-0.1, -0.05) is 61.5 Å². The molecule has 0 aliphatic rings. The summed E-state index contributed by atoms with van der Waals surface area (Å²) in [5, 5.41) is 4.32. The highest BCUT2D eigenvalue weighted by Gasteiger charge is 2.24. The van der Waals surface area contributed by atoms with E-state index in [0.29, 0.717) is 17.9 Å². The number of ether oxygens (including phenoxy) is 2. The number of aryl methyl sites for hydroxylation is 1. The number of hydrogen-bond acceptors (Lipinski definition) is 3. The van der Waals surface area contributed by atoms with Crippen LogP contribution in [0.25, 0.3) is 10.9 Å². The van der Waals surface area contributed by atoms with Gasteiger partial charge in [0.15, 0.2) is 11.5 Å². The molecule has 0 aliphatic heterocycles. The molecule has 4 rings (SSSR count). The molecule has 1 heterocycles. The number of methoxy groups -OCH3 is 2. The number of fused-ring (bicyclic) bond motifs is 1. The van der Waals surface area contributed by atoms with Crippen molar-refractivity contribution in [1.29, 1.82) is 0 Å². The maximum Gasteiger partial charge on any atom is 0.221 e. The van der Waals surface area contributed by atoms with E-state index in [2.05, 4.69) is 35.4 Å². The molecule has 2 N–H and O–H groups in total. The second kappa shape index (κ2) is 10.5. The summed E-state index contributed by atoms with van der Waals surface area (Å²) in [5.41, 5.74) is 5.57. The number of para-hydroxylation sites is 1. The molecule has 4 aromatic rings. The van der Waals surface area contributed by atoms with Gasteiger partial charge in [-0.05, 0) is 47.7 Å². The van der Waals surface area contributed by atoms with Crippen LogP contribution < -0.4 is 14.8 Å². The molecule has 3 aromatic carbocycles. The number of aromatic nitrogens is 1. The summed E-state index contributed by atoms with van der Waals surface area (Å²) in [6, 6.07) is 22.2. The topological polar surface area (TPSA) is 63.4 Å². The third kappa shape index (κ3) is 4.79. The lowest BCUT2D eigenvalue weighted by atomic mass is 9.87. The van der Waals surface area contributed by atoms with E-state index >= 15 is 0 Å². The fourth-order valence-electron chi connectivity index (χ4n) is 4.61. The molecule has 1 aromatic heterocycles. The molecule has 2 atom stereocenters. The van der Waals surface area contributed by atoms with Crippen molar-refractivity contribution in [2.45, 2.75) is 38.6 Å². The van der Waals surface area contributed by atoms with E-state index in [4.69, 9.17) is 9.47 Å². The quantitative estimate of drug-likeness (QED) is 0.318. The largest absolute Gasteiger partial charge is 0.493 e. The lowest BCUT2D eigenvalue weighted by molar-refractivity contribution is -0.121. The van der Waals surface area contributed by atoms with Crippen molar-refractivity contribution in [1.82, 2.24) is 10.3 Å². The number of carbonyl (C=O) groups is 1. The predicted molar refractivity (Wildman–Crippen MR) is 137 cm³/mol. The molecule has 0 saturated carbocycles. The first-order chi connectivity index (χ1) is 16.5. The van der Waals surface area contributed by atoms with Gasteiger partial charge in [-0.15, -0.1) is 0 Å². The summed E-state index contributed by atoms with van der Waals surface area (Å²) in [6.07, 6.45) is 3.29. The number of H-pyrrole nitrogens is 1. The average molecular weight is 457 g/mol. The second-order valence-corrected chi connectivity index (χ2v) is 8.51. The molecular formula is C29H32N2O3. The summed E-state index contributed by atoms with van der Waals surface area (Å²) >= 11 is 0. The molecule has 176 valence electrons. The van der Waals surface area contributed by atoms with Crippen molar-refractivity contribution in [2.24, 2.45) is 0 Å². The summed E-state index contributed by atoms with van der Waals surface area (Å²) in [6.45, 7) is 4.16. The Morgan fingerprint density at radius 2 is 1.71 bits per heavy atom. The van der Waals surface area contributed by atoms with Crippen LogP contribution in [0.1, 0.15) is 54.5 Å². The number of aromatic amines is 1. The van der Waals surface area contributed by atoms with Gasteiger partial charge in [0.25, 0.3) is 0 Å².